The lowest BCUT2D eigenvalue weighted by Gasteiger charge is -2.24. The van der Waals surface area contributed by atoms with Gasteiger partial charge in [0, 0.05) is 6.04 Å². The summed E-state index contributed by atoms with van der Waals surface area (Å²) in [4.78, 5) is 14.0. The summed E-state index contributed by atoms with van der Waals surface area (Å²) in [7, 11) is 0. The van der Waals surface area contributed by atoms with E-state index in [4.69, 9.17) is 0 Å². The van der Waals surface area contributed by atoms with Gasteiger partial charge in [-0.15, -0.1) is 0 Å². The number of rotatable bonds is 3. The third-order valence-corrected chi connectivity index (χ3v) is 3.54. The number of carbonyl (C=O) groups is 1. The number of amides is 1. The minimum atomic E-state index is 0.240. The Kier molecular flexibility index (Phi) is 4.01. The molecule has 1 aliphatic heterocycles. The highest BCUT2D eigenvalue weighted by Crippen LogP contribution is 2.17. The quantitative estimate of drug-likeness (QED) is 0.766. The van der Waals surface area contributed by atoms with Crippen molar-refractivity contribution < 1.29 is 4.79 Å². The average molecular weight is 210 g/mol. The molecule has 1 N–H and O–H groups in total. The first-order valence-corrected chi connectivity index (χ1v) is 6.36. The van der Waals surface area contributed by atoms with Crippen molar-refractivity contribution in [1.82, 2.24) is 10.2 Å². The molecule has 1 saturated heterocycles. The highest BCUT2D eigenvalue weighted by atomic mass is 16.2. The lowest BCUT2D eigenvalue weighted by Crippen LogP contribution is -2.42. The fourth-order valence-electron chi connectivity index (χ4n) is 2.66. The maximum atomic E-state index is 11.7. The van der Waals surface area contributed by atoms with E-state index in [0.29, 0.717) is 12.6 Å². The average Bonchev–Trinajstić information content (AvgIpc) is 2.71. The van der Waals surface area contributed by atoms with Crippen LogP contribution in [0.25, 0.3) is 0 Å². The maximum Gasteiger partial charge on any atom is 0.234 e. The summed E-state index contributed by atoms with van der Waals surface area (Å²) >= 11 is 0. The molecule has 2 rings (SSSR count). The van der Waals surface area contributed by atoms with Crippen molar-refractivity contribution >= 4 is 5.91 Å². The van der Waals surface area contributed by atoms with Crippen LogP contribution in [0.3, 0.4) is 0 Å². The molecule has 2 aliphatic rings. The Hall–Kier alpha value is -0.570. The summed E-state index contributed by atoms with van der Waals surface area (Å²) in [5.74, 6) is 0.240. The van der Waals surface area contributed by atoms with Crippen LogP contribution < -0.4 is 5.32 Å². The van der Waals surface area contributed by atoms with Crippen molar-refractivity contribution in [2.45, 2.75) is 51.0 Å². The Bertz CT molecular complexity index is 206. The van der Waals surface area contributed by atoms with Gasteiger partial charge in [0.2, 0.25) is 5.91 Å². The summed E-state index contributed by atoms with van der Waals surface area (Å²) in [5.41, 5.74) is 0. The SMILES string of the molecule is O=C(CN1CCCC1)NC1CCCCC1. The highest BCUT2D eigenvalue weighted by Gasteiger charge is 2.18. The van der Waals surface area contributed by atoms with Gasteiger partial charge < -0.3 is 5.32 Å². The number of nitrogens with zero attached hydrogens (tertiary/aromatic N) is 1. The molecule has 86 valence electrons. The normalized spacial score (nSPS) is 24.3. The fourth-order valence-corrected chi connectivity index (χ4v) is 2.66. The minimum Gasteiger partial charge on any atom is -0.352 e. The Morgan fingerprint density at radius 3 is 2.40 bits per heavy atom. The van der Waals surface area contributed by atoms with E-state index in [0.717, 1.165) is 13.1 Å². The van der Waals surface area contributed by atoms with Crippen LogP contribution in [-0.4, -0.2) is 36.5 Å². The minimum absolute atomic E-state index is 0.240. The molecule has 3 heteroatoms. The smallest absolute Gasteiger partial charge is 0.234 e. The second kappa shape index (κ2) is 5.50. The van der Waals surface area contributed by atoms with Gasteiger partial charge in [-0.2, -0.15) is 0 Å². The number of hydrogen-bond donors (Lipinski definition) is 1. The van der Waals surface area contributed by atoms with E-state index in [2.05, 4.69) is 10.2 Å². The van der Waals surface area contributed by atoms with Gasteiger partial charge in [0.25, 0.3) is 0 Å². The topological polar surface area (TPSA) is 32.3 Å². The molecule has 0 atom stereocenters. The predicted molar refractivity (Wildman–Crippen MR) is 60.7 cm³/mol. The fraction of sp³-hybridized carbons (Fsp3) is 0.917. The molecule has 1 amide bonds. The second-order valence-corrected chi connectivity index (χ2v) is 4.89. The molecular formula is C12H22N2O. The first kappa shape index (κ1) is 10.9. The Labute approximate surface area is 92.2 Å². The van der Waals surface area contributed by atoms with Crippen LogP contribution >= 0.6 is 0 Å². The molecule has 1 saturated carbocycles. The van der Waals surface area contributed by atoms with Crippen molar-refractivity contribution in [1.29, 1.82) is 0 Å². The lowest BCUT2D eigenvalue weighted by atomic mass is 9.95. The van der Waals surface area contributed by atoms with E-state index in [1.54, 1.807) is 0 Å². The van der Waals surface area contributed by atoms with Crippen LogP contribution in [-0.2, 0) is 4.79 Å². The molecular weight excluding hydrogens is 188 g/mol. The van der Waals surface area contributed by atoms with Gasteiger partial charge in [-0.25, -0.2) is 0 Å². The summed E-state index contributed by atoms with van der Waals surface area (Å²) in [6, 6.07) is 0.467. The molecule has 0 spiro atoms. The molecule has 3 nitrogen and oxygen atoms in total. The number of likely N-dealkylation sites (tertiary alicyclic amines) is 1. The Balaban J connectivity index is 1.66. The Morgan fingerprint density at radius 2 is 1.73 bits per heavy atom. The van der Waals surface area contributed by atoms with E-state index in [1.165, 1.54) is 44.9 Å². The molecule has 15 heavy (non-hydrogen) atoms. The molecule has 2 fully saturated rings. The van der Waals surface area contributed by atoms with Gasteiger partial charge in [0.05, 0.1) is 6.54 Å². The Morgan fingerprint density at radius 1 is 1.07 bits per heavy atom. The van der Waals surface area contributed by atoms with E-state index in [9.17, 15) is 4.79 Å². The molecule has 0 radical (unpaired) electrons. The highest BCUT2D eigenvalue weighted by molar-refractivity contribution is 5.78. The van der Waals surface area contributed by atoms with E-state index < -0.39 is 0 Å². The molecule has 1 heterocycles. The molecule has 0 aromatic carbocycles. The van der Waals surface area contributed by atoms with Crippen LogP contribution in [0.2, 0.25) is 0 Å². The van der Waals surface area contributed by atoms with Gasteiger partial charge in [-0.3, -0.25) is 9.69 Å². The van der Waals surface area contributed by atoms with E-state index >= 15 is 0 Å². The van der Waals surface area contributed by atoms with Crippen LogP contribution in [0, 0.1) is 0 Å². The molecule has 1 aliphatic carbocycles. The van der Waals surface area contributed by atoms with Crippen LogP contribution in [0.1, 0.15) is 44.9 Å². The van der Waals surface area contributed by atoms with Gasteiger partial charge in [0.15, 0.2) is 0 Å². The predicted octanol–water partition coefficient (Wildman–Crippen LogP) is 1.53. The standard InChI is InChI=1S/C12H22N2O/c15-12(10-14-8-4-5-9-14)13-11-6-2-1-3-7-11/h11H,1-10H2,(H,13,15). The van der Waals surface area contributed by atoms with Gasteiger partial charge >= 0.3 is 0 Å². The van der Waals surface area contributed by atoms with E-state index in [-0.39, 0.29) is 5.91 Å². The first-order chi connectivity index (χ1) is 7.34. The van der Waals surface area contributed by atoms with Crippen molar-refractivity contribution in [2.75, 3.05) is 19.6 Å². The molecule has 0 aromatic heterocycles. The van der Waals surface area contributed by atoms with Crippen LogP contribution in [0.5, 0.6) is 0 Å². The van der Waals surface area contributed by atoms with Crippen LogP contribution in [0.4, 0.5) is 0 Å². The first-order valence-electron chi connectivity index (χ1n) is 6.36. The number of hydrogen-bond acceptors (Lipinski definition) is 2. The van der Waals surface area contributed by atoms with Crippen molar-refractivity contribution in [3.63, 3.8) is 0 Å². The number of nitrogens with one attached hydrogen (secondary N) is 1. The summed E-state index contributed by atoms with van der Waals surface area (Å²) in [6.45, 7) is 2.84. The van der Waals surface area contributed by atoms with Crippen molar-refractivity contribution in [2.24, 2.45) is 0 Å². The van der Waals surface area contributed by atoms with Crippen molar-refractivity contribution in [3.8, 4) is 0 Å². The third kappa shape index (κ3) is 3.49. The lowest BCUT2D eigenvalue weighted by molar-refractivity contribution is -0.122. The monoisotopic (exact) mass is 210 g/mol. The van der Waals surface area contributed by atoms with Gasteiger partial charge in [0.1, 0.15) is 0 Å². The molecule has 0 bridgehead atoms. The van der Waals surface area contributed by atoms with Gasteiger partial charge in [-0.05, 0) is 38.8 Å². The van der Waals surface area contributed by atoms with Crippen molar-refractivity contribution in [3.05, 3.63) is 0 Å². The second-order valence-electron chi connectivity index (χ2n) is 4.89. The third-order valence-electron chi connectivity index (χ3n) is 3.54. The summed E-state index contributed by atoms with van der Waals surface area (Å²) < 4.78 is 0. The van der Waals surface area contributed by atoms with E-state index in [1.807, 2.05) is 0 Å². The summed E-state index contributed by atoms with van der Waals surface area (Å²) in [6.07, 6.45) is 8.81. The van der Waals surface area contributed by atoms with Gasteiger partial charge in [-0.1, -0.05) is 19.3 Å². The largest absolute Gasteiger partial charge is 0.352 e. The molecule has 0 unspecified atom stereocenters. The molecule has 0 aromatic rings. The zero-order valence-electron chi connectivity index (χ0n) is 9.50. The number of carbonyl (C=O) groups excluding carboxylic acids is 1. The zero-order chi connectivity index (χ0) is 10.5. The summed E-state index contributed by atoms with van der Waals surface area (Å²) in [5, 5.41) is 3.17. The maximum absolute atomic E-state index is 11.7. The zero-order valence-corrected chi connectivity index (χ0v) is 9.50. The van der Waals surface area contributed by atoms with Crippen LogP contribution in [0.15, 0.2) is 0 Å².